The molecular formula is C19H15BrN4O3S. The van der Waals surface area contributed by atoms with Crippen molar-refractivity contribution in [2.45, 2.75) is 18.3 Å². The number of ether oxygens (including phenoxy) is 1. The van der Waals surface area contributed by atoms with Crippen LogP contribution >= 0.6 is 27.7 Å². The van der Waals surface area contributed by atoms with E-state index in [9.17, 15) is 4.79 Å². The first-order valence-electron chi connectivity index (χ1n) is 8.38. The average Bonchev–Trinajstić information content (AvgIpc) is 3.06. The molecule has 1 atom stereocenters. The molecular weight excluding hydrogens is 444 g/mol. The second-order valence-electron chi connectivity index (χ2n) is 5.87. The van der Waals surface area contributed by atoms with E-state index in [0.717, 1.165) is 0 Å². The van der Waals surface area contributed by atoms with Crippen LogP contribution in [-0.2, 0) is 4.79 Å². The molecule has 9 heteroatoms. The topological polar surface area (TPSA) is 81.3 Å². The number of thioether (sulfide) groups is 1. The van der Waals surface area contributed by atoms with Crippen molar-refractivity contribution >= 4 is 39.3 Å². The van der Waals surface area contributed by atoms with Gasteiger partial charge in [0.25, 0.3) is 0 Å². The lowest BCUT2D eigenvalue weighted by atomic mass is 10.1. The Bertz CT molecular complexity index is 1060. The number of para-hydroxylation sites is 1. The molecule has 0 N–H and O–H groups in total. The summed E-state index contributed by atoms with van der Waals surface area (Å²) in [5.74, 6) is 1.19. The minimum atomic E-state index is -0.833. The highest BCUT2D eigenvalue weighted by Gasteiger charge is 2.36. The lowest BCUT2D eigenvalue weighted by Crippen LogP contribution is -2.35. The first kappa shape index (κ1) is 18.7. The number of hydrogen-bond donors (Lipinski definition) is 0. The number of anilines is 1. The van der Waals surface area contributed by atoms with E-state index < -0.39 is 6.23 Å². The molecule has 1 aliphatic heterocycles. The Hall–Kier alpha value is -2.65. The Morgan fingerprint density at radius 1 is 1.32 bits per heavy atom. The van der Waals surface area contributed by atoms with Crippen molar-refractivity contribution in [3.05, 3.63) is 59.5 Å². The number of carbonyl (C=O) groups is 1. The summed E-state index contributed by atoms with van der Waals surface area (Å²) in [4.78, 5) is 18.6. The van der Waals surface area contributed by atoms with Crippen molar-refractivity contribution in [1.82, 2.24) is 15.2 Å². The Morgan fingerprint density at radius 3 is 2.86 bits per heavy atom. The third-order valence-electron chi connectivity index (χ3n) is 4.02. The van der Waals surface area contributed by atoms with Gasteiger partial charge in [-0.1, -0.05) is 36.0 Å². The van der Waals surface area contributed by atoms with E-state index in [4.69, 9.17) is 9.15 Å². The maximum Gasteiger partial charge on any atom is 0.247 e. The van der Waals surface area contributed by atoms with Crippen molar-refractivity contribution in [3.63, 3.8) is 0 Å². The smallest absolute Gasteiger partial charge is 0.247 e. The van der Waals surface area contributed by atoms with Crippen LogP contribution < -0.4 is 9.64 Å². The molecule has 0 spiro atoms. The molecule has 28 heavy (non-hydrogen) atoms. The summed E-state index contributed by atoms with van der Waals surface area (Å²) in [7, 11) is 0. The summed E-state index contributed by atoms with van der Waals surface area (Å²) in [5, 5.41) is 8.98. The van der Waals surface area contributed by atoms with Crippen LogP contribution in [0.5, 0.6) is 5.88 Å². The van der Waals surface area contributed by atoms with Crippen LogP contribution in [0.15, 0.2) is 63.3 Å². The average molecular weight is 459 g/mol. The lowest BCUT2D eigenvalue weighted by molar-refractivity contribution is -0.118. The molecule has 3 heterocycles. The van der Waals surface area contributed by atoms with Crippen LogP contribution in [0.3, 0.4) is 0 Å². The molecule has 2 aromatic heterocycles. The van der Waals surface area contributed by atoms with Crippen LogP contribution in [0.4, 0.5) is 5.69 Å². The van der Waals surface area contributed by atoms with Gasteiger partial charge in [0.1, 0.15) is 0 Å². The molecule has 3 aromatic rings. The molecule has 1 aliphatic rings. The van der Waals surface area contributed by atoms with E-state index in [2.05, 4.69) is 37.7 Å². The van der Waals surface area contributed by atoms with Crippen molar-refractivity contribution in [2.75, 3.05) is 10.7 Å². The monoisotopic (exact) mass is 458 g/mol. The van der Waals surface area contributed by atoms with Gasteiger partial charge in [-0.25, -0.2) is 0 Å². The molecule has 0 unspecified atom stereocenters. The van der Waals surface area contributed by atoms with Crippen LogP contribution in [0.1, 0.15) is 18.9 Å². The number of hydrogen-bond acceptors (Lipinski definition) is 7. The van der Waals surface area contributed by atoms with Gasteiger partial charge in [-0.3, -0.25) is 9.69 Å². The molecule has 0 fully saturated rings. The molecule has 0 saturated carbocycles. The lowest BCUT2D eigenvalue weighted by Gasteiger charge is -2.28. The van der Waals surface area contributed by atoms with Crippen molar-refractivity contribution < 1.29 is 13.9 Å². The van der Waals surface area contributed by atoms with E-state index >= 15 is 0 Å². The van der Waals surface area contributed by atoms with Gasteiger partial charge >= 0.3 is 0 Å². The van der Waals surface area contributed by atoms with Gasteiger partial charge < -0.3 is 9.15 Å². The maximum absolute atomic E-state index is 12.6. The number of carbonyl (C=O) groups excluding carboxylic acids is 1. The molecule has 4 rings (SSSR count). The third-order valence-corrected chi connectivity index (χ3v) is 5.28. The highest BCUT2D eigenvalue weighted by molar-refractivity contribution is 9.10. The number of nitrogens with zero attached hydrogens (tertiary/aromatic N) is 4. The molecule has 7 nitrogen and oxygen atoms in total. The number of aromatic nitrogens is 3. The van der Waals surface area contributed by atoms with E-state index in [1.165, 1.54) is 23.6 Å². The molecule has 0 radical (unpaired) electrons. The van der Waals surface area contributed by atoms with Crippen LogP contribution in [0.25, 0.3) is 11.3 Å². The predicted octanol–water partition coefficient (Wildman–Crippen LogP) is 4.62. The Balaban J connectivity index is 1.91. The van der Waals surface area contributed by atoms with Gasteiger partial charge in [0, 0.05) is 18.2 Å². The Kier molecular flexibility index (Phi) is 5.19. The maximum atomic E-state index is 12.6. The van der Waals surface area contributed by atoms with Crippen LogP contribution in [-0.4, -0.2) is 26.8 Å². The van der Waals surface area contributed by atoms with Crippen molar-refractivity contribution in [3.8, 4) is 17.1 Å². The summed E-state index contributed by atoms with van der Waals surface area (Å²) >= 11 is 4.70. The number of fused-ring (bicyclic) bond motifs is 3. The highest BCUT2D eigenvalue weighted by atomic mass is 79.9. The van der Waals surface area contributed by atoms with Gasteiger partial charge in [0.05, 0.1) is 5.69 Å². The fourth-order valence-corrected chi connectivity index (χ4v) is 3.73. The van der Waals surface area contributed by atoms with Crippen molar-refractivity contribution in [2.24, 2.45) is 0 Å². The SMILES string of the molecule is C=CCSc1nnc2c(n1)O[C@H](c1ccc(Br)o1)N(C(C)=O)c1ccccc1-2. The first-order chi connectivity index (χ1) is 13.6. The van der Waals surface area contributed by atoms with Gasteiger partial charge in [-0.15, -0.1) is 16.8 Å². The molecule has 1 amide bonds. The van der Waals surface area contributed by atoms with Gasteiger partial charge in [0.2, 0.25) is 23.2 Å². The molecule has 0 saturated heterocycles. The third kappa shape index (κ3) is 3.43. The number of rotatable bonds is 4. The normalized spacial score (nSPS) is 15.2. The number of furan rings is 1. The zero-order valence-corrected chi connectivity index (χ0v) is 17.2. The van der Waals surface area contributed by atoms with E-state index in [1.54, 1.807) is 18.2 Å². The highest BCUT2D eigenvalue weighted by Crippen LogP contribution is 2.43. The number of benzene rings is 1. The Labute approximate surface area is 173 Å². The van der Waals surface area contributed by atoms with E-state index in [0.29, 0.717) is 38.3 Å². The summed E-state index contributed by atoms with van der Waals surface area (Å²) in [6.45, 7) is 5.18. The summed E-state index contributed by atoms with van der Waals surface area (Å²) in [6, 6.07) is 10.9. The van der Waals surface area contributed by atoms with Gasteiger partial charge in [-0.2, -0.15) is 4.98 Å². The molecule has 1 aromatic carbocycles. The van der Waals surface area contributed by atoms with Crippen LogP contribution in [0, 0.1) is 0 Å². The Morgan fingerprint density at radius 2 is 2.14 bits per heavy atom. The molecule has 0 aliphatic carbocycles. The van der Waals surface area contributed by atoms with Gasteiger partial charge in [-0.05, 0) is 34.1 Å². The van der Waals surface area contributed by atoms with Gasteiger partial charge in [0.15, 0.2) is 16.1 Å². The predicted molar refractivity (Wildman–Crippen MR) is 109 cm³/mol. The second kappa shape index (κ2) is 7.76. The zero-order valence-electron chi connectivity index (χ0n) is 14.8. The van der Waals surface area contributed by atoms with Crippen molar-refractivity contribution in [1.29, 1.82) is 0 Å². The largest absolute Gasteiger partial charge is 0.448 e. The molecule has 142 valence electrons. The summed E-state index contributed by atoms with van der Waals surface area (Å²) in [6.07, 6.45) is 0.927. The molecule has 0 bridgehead atoms. The first-order valence-corrected chi connectivity index (χ1v) is 10.2. The van der Waals surface area contributed by atoms with Crippen LogP contribution in [0.2, 0.25) is 0 Å². The van der Waals surface area contributed by atoms with E-state index in [1.807, 2.05) is 24.3 Å². The fourth-order valence-electron chi connectivity index (χ4n) is 2.89. The number of amides is 1. The fraction of sp³-hybridized carbons (Fsp3) is 0.158. The zero-order chi connectivity index (χ0) is 19.7. The summed E-state index contributed by atoms with van der Waals surface area (Å²) < 4.78 is 12.4. The number of halogens is 1. The summed E-state index contributed by atoms with van der Waals surface area (Å²) in [5.41, 5.74) is 1.83. The standard InChI is InChI=1S/C19H15BrN4O3S/c1-3-10-28-19-21-17-16(22-23-19)12-6-4-5-7-13(12)24(11(2)25)18(27-17)14-8-9-15(20)26-14/h3-9,18H,1,10H2,2H3/t18-/m1/s1. The van der Waals surface area contributed by atoms with E-state index in [-0.39, 0.29) is 11.8 Å². The minimum Gasteiger partial charge on any atom is -0.448 e. The second-order valence-corrected chi connectivity index (χ2v) is 7.63. The quantitative estimate of drug-likeness (QED) is 0.416. The minimum absolute atomic E-state index is 0.202.